The third kappa shape index (κ3) is 4.33. The Kier molecular flexibility index (Phi) is 5.51. The predicted octanol–water partition coefficient (Wildman–Crippen LogP) is 2.89. The molecule has 0 unspecified atom stereocenters. The number of rotatable bonds is 7. The van der Waals surface area contributed by atoms with Crippen molar-refractivity contribution in [1.82, 2.24) is 0 Å². The first-order chi connectivity index (χ1) is 13.1. The second-order valence-corrected chi connectivity index (χ2v) is 5.56. The summed E-state index contributed by atoms with van der Waals surface area (Å²) in [5, 5.41) is 12.6. The molecule has 1 aliphatic rings. The molecule has 0 fully saturated rings. The van der Waals surface area contributed by atoms with E-state index in [2.05, 4.69) is 5.16 Å². The van der Waals surface area contributed by atoms with E-state index in [1.54, 1.807) is 31.2 Å². The molecule has 2 aromatic carbocycles. The number of hydrogen-bond donors (Lipinski definition) is 1. The zero-order valence-electron chi connectivity index (χ0n) is 14.5. The molecule has 0 bridgehead atoms. The molecule has 0 amide bonds. The van der Waals surface area contributed by atoms with E-state index in [1.807, 2.05) is 30.3 Å². The zero-order valence-corrected chi connectivity index (χ0v) is 14.5. The minimum atomic E-state index is -1.08. The fraction of sp³-hybridized carbons (Fsp3) is 0.150. The number of benzene rings is 2. The molecule has 0 saturated carbocycles. The lowest BCUT2D eigenvalue weighted by Gasteiger charge is -2.11. The highest BCUT2D eigenvalue weighted by molar-refractivity contribution is 6.31. The van der Waals surface area contributed by atoms with Crippen molar-refractivity contribution < 1.29 is 29.0 Å². The zero-order chi connectivity index (χ0) is 19.2. The van der Waals surface area contributed by atoms with Crippen LogP contribution in [0.2, 0.25) is 0 Å². The Hall–Kier alpha value is -3.61. The first-order valence-electron chi connectivity index (χ1n) is 8.26. The molecule has 0 radical (unpaired) electrons. The average molecular weight is 367 g/mol. The molecule has 138 valence electrons. The predicted molar refractivity (Wildman–Crippen MR) is 97.8 cm³/mol. The van der Waals surface area contributed by atoms with E-state index in [4.69, 9.17) is 19.4 Å². The van der Waals surface area contributed by atoms with Gasteiger partial charge in [-0.15, -0.1) is 0 Å². The monoisotopic (exact) mass is 367 g/mol. The summed E-state index contributed by atoms with van der Waals surface area (Å²) in [6.45, 7) is 1.71. The number of aliphatic carboxylic acids is 1. The van der Waals surface area contributed by atoms with Crippen molar-refractivity contribution in [3.8, 4) is 11.5 Å². The van der Waals surface area contributed by atoms with E-state index in [0.29, 0.717) is 35.0 Å². The van der Waals surface area contributed by atoms with E-state index in [-0.39, 0.29) is 0 Å². The van der Waals surface area contributed by atoms with Crippen molar-refractivity contribution in [3.05, 3.63) is 65.2 Å². The maximum atomic E-state index is 12.1. The highest BCUT2D eigenvalue weighted by atomic mass is 16.7. The lowest BCUT2D eigenvalue weighted by Crippen LogP contribution is -2.10. The van der Waals surface area contributed by atoms with Gasteiger partial charge in [-0.1, -0.05) is 41.6 Å². The van der Waals surface area contributed by atoms with Crippen LogP contribution in [-0.4, -0.2) is 36.0 Å². The summed E-state index contributed by atoms with van der Waals surface area (Å²) < 4.78 is 10.7. The summed E-state index contributed by atoms with van der Waals surface area (Å²) in [6, 6.07) is 14.2. The number of nitrogens with zero attached hydrogens (tertiary/aromatic N) is 1. The molecule has 1 aliphatic heterocycles. The van der Waals surface area contributed by atoms with E-state index >= 15 is 0 Å². The summed E-state index contributed by atoms with van der Waals surface area (Å²) >= 11 is 0. The standard InChI is InChI=1S/C20H17NO6/c1-2-25-17-11-13(8-9-16(17)26-12-18(22)23)10-15-19(21-27-20(15)24)14-6-4-3-5-7-14/h3-11H,2,12H2,1H3,(H,22,23)/b15-10-. The Bertz CT molecular complexity index is 917. The van der Waals surface area contributed by atoms with E-state index in [1.165, 1.54) is 0 Å². The first kappa shape index (κ1) is 18.2. The van der Waals surface area contributed by atoms with Gasteiger partial charge in [0, 0.05) is 5.56 Å². The van der Waals surface area contributed by atoms with Crippen molar-refractivity contribution in [3.63, 3.8) is 0 Å². The summed E-state index contributed by atoms with van der Waals surface area (Å²) in [5.41, 5.74) is 2.20. The summed E-state index contributed by atoms with van der Waals surface area (Å²) in [7, 11) is 0. The number of hydrogen-bond acceptors (Lipinski definition) is 6. The maximum absolute atomic E-state index is 12.1. The maximum Gasteiger partial charge on any atom is 0.368 e. The highest BCUT2D eigenvalue weighted by Crippen LogP contribution is 2.30. The van der Waals surface area contributed by atoms with Gasteiger partial charge < -0.3 is 19.4 Å². The van der Waals surface area contributed by atoms with Crippen LogP contribution in [0.5, 0.6) is 11.5 Å². The van der Waals surface area contributed by atoms with Gasteiger partial charge in [0.05, 0.1) is 12.2 Å². The molecular weight excluding hydrogens is 350 g/mol. The smallest absolute Gasteiger partial charge is 0.368 e. The third-order valence-corrected chi connectivity index (χ3v) is 3.67. The van der Waals surface area contributed by atoms with Gasteiger partial charge in [0.2, 0.25) is 0 Å². The van der Waals surface area contributed by atoms with Gasteiger partial charge in [0.25, 0.3) is 0 Å². The molecule has 7 nitrogen and oxygen atoms in total. The SMILES string of the molecule is CCOc1cc(/C=C2\C(=O)ON=C2c2ccccc2)ccc1OCC(=O)O. The Morgan fingerprint density at radius 2 is 1.93 bits per heavy atom. The largest absolute Gasteiger partial charge is 0.490 e. The Balaban J connectivity index is 1.93. The molecule has 0 aliphatic carbocycles. The van der Waals surface area contributed by atoms with Crippen LogP contribution in [0.4, 0.5) is 0 Å². The van der Waals surface area contributed by atoms with Crippen LogP contribution in [0.25, 0.3) is 6.08 Å². The van der Waals surface area contributed by atoms with Crippen LogP contribution >= 0.6 is 0 Å². The highest BCUT2D eigenvalue weighted by Gasteiger charge is 2.26. The first-order valence-corrected chi connectivity index (χ1v) is 8.26. The van der Waals surface area contributed by atoms with Crippen LogP contribution in [0, 0.1) is 0 Å². The summed E-state index contributed by atoms with van der Waals surface area (Å²) in [6.07, 6.45) is 1.64. The van der Waals surface area contributed by atoms with E-state index < -0.39 is 18.5 Å². The second-order valence-electron chi connectivity index (χ2n) is 5.56. The quantitative estimate of drug-likeness (QED) is 0.597. The number of carbonyl (C=O) groups is 2. The number of carboxylic acids is 1. The Labute approximate surface area is 155 Å². The van der Waals surface area contributed by atoms with Gasteiger partial charge in [-0.3, -0.25) is 0 Å². The van der Waals surface area contributed by atoms with Crippen LogP contribution in [0.3, 0.4) is 0 Å². The third-order valence-electron chi connectivity index (χ3n) is 3.67. The van der Waals surface area contributed by atoms with Crippen LogP contribution in [-0.2, 0) is 14.4 Å². The second kappa shape index (κ2) is 8.18. The lowest BCUT2D eigenvalue weighted by molar-refractivity contribution is -0.139. The molecule has 1 heterocycles. The van der Waals surface area contributed by atoms with Crippen molar-refractivity contribution in [2.75, 3.05) is 13.2 Å². The van der Waals surface area contributed by atoms with Crippen LogP contribution in [0.1, 0.15) is 18.1 Å². The summed E-state index contributed by atoms with van der Waals surface area (Å²) in [4.78, 5) is 27.6. The van der Waals surface area contributed by atoms with Crippen molar-refractivity contribution >= 4 is 23.7 Å². The van der Waals surface area contributed by atoms with Gasteiger partial charge in [0.15, 0.2) is 18.1 Å². The number of oxime groups is 1. The van der Waals surface area contributed by atoms with E-state index in [0.717, 1.165) is 5.56 Å². The molecule has 0 saturated heterocycles. The van der Waals surface area contributed by atoms with Gasteiger partial charge in [-0.05, 0) is 30.7 Å². The van der Waals surface area contributed by atoms with Crippen molar-refractivity contribution in [2.24, 2.45) is 5.16 Å². The molecule has 0 spiro atoms. The summed E-state index contributed by atoms with van der Waals surface area (Å²) in [5.74, 6) is -0.927. The molecule has 27 heavy (non-hydrogen) atoms. The normalized spacial score (nSPS) is 14.6. The number of carboxylic acid groups (broad SMARTS) is 1. The molecule has 0 aromatic heterocycles. The topological polar surface area (TPSA) is 94.4 Å². The molecule has 2 aromatic rings. The molecular formula is C20H17NO6. The molecule has 3 rings (SSSR count). The van der Waals surface area contributed by atoms with Crippen LogP contribution in [0.15, 0.2) is 59.3 Å². The fourth-order valence-electron chi connectivity index (χ4n) is 2.52. The van der Waals surface area contributed by atoms with Gasteiger partial charge in [-0.25, -0.2) is 9.59 Å². The Morgan fingerprint density at radius 3 is 2.63 bits per heavy atom. The van der Waals surface area contributed by atoms with Gasteiger partial charge >= 0.3 is 11.9 Å². The number of ether oxygens (including phenoxy) is 2. The Morgan fingerprint density at radius 1 is 1.15 bits per heavy atom. The van der Waals surface area contributed by atoms with Gasteiger partial charge in [0.1, 0.15) is 5.71 Å². The molecule has 0 atom stereocenters. The van der Waals surface area contributed by atoms with Crippen molar-refractivity contribution in [1.29, 1.82) is 0 Å². The lowest BCUT2D eigenvalue weighted by atomic mass is 10.0. The van der Waals surface area contributed by atoms with Crippen LogP contribution < -0.4 is 9.47 Å². The minimum absolute atomic E-state index is 0.312. The van der Waals surface area contributed by atoms with Crippen molar-refractivity contribution in [2.45, 2.75) is 6.92 Å². The fourth-order valence-corrected chi connectivity index (χ4v) is 2.52. The molecule has 1 N–H and O–H groups in total. The average Bonchev–Trinajstić information content (AvgIpc) is 3.02. The molecule has 7 heteroatoms. The van der Waals surface area contributed by atoms with Gasteiger partial charge in [-0.2, -0.15) is 0 Å². The minimum Gasteiger partial charge on any atom is -0.490 e. The van der Waals surface area contributed by atoms with E-state index in [9.17, 15) is 9.59 Å². The number of carbonyl (C=O) groups excluding carboxylic acids is 1.